The molecule has 0 atom stereocenters. The minimum absolute atomic E-state index is 0.173. The van der Waals surface area contributed by atoms with E-state index in [4.69, 9.17) is 9.16 Å². The third-order valence-electron chi connectivity index (χ3n) is 3.83. The summed E-state index contributed by atoms with van der Waals surface area (Å²) < 4.78 is 25.1. The highest BCUT2D eigenvalue weighted by atomic mass is 28.4. The van der Waals surface area contributed by atoms with Gasteiger partial charge >= 0.3 is 0 Å². The van der Waals surface area contributed by atoms with E-state index in [0.717, 1.165) is 5.69 Å². The van der Waals surface area contributed by atoms with E-state index in [-0.39, 0.29) is 16.6 Å². The molecular formula is C15H26FNO2Si. The fourth-order valence-corrected chi connectivity index (χ4v) is 2.47. The van der Waals surface area contributed by atoms with Crippen molar-refractivity contribution in [2.45, 2.75) is 38.9 Å². The summed E-state index contributed by atoms with van der Waals surface area (Å²) in [6, 6.07) is 4.84. The van der Waals surface area contributed by atoms with Gasteiger partial charge in [0.05, 0.1) is 6.61 Å². The third-order valence-corrected chi connectivity index (χ3v) is 8.37. The Morgan fingerprint density at radius 1 is 1.20 bits per heavy atom. The zero-order chi connectivity index (χ0) is 15.4. The zero-order valence-corrected chi connectivity index (χ0v) is 14.3. The standard InChI is InChI=1S/C15H26FNO2Si/c1-15(2,3)20(5,6)19-10-9-18-14-8-7-12(17-4)11-13(14)16/h7-8,11,17H,9-10H2,1-6H3. The van der Waals surface area contributed by atoms with Gasteiger partial charge < -0.3 is 14.5 Å². The predicted octanol–water partition coefficient (Wildman–Crippen LogP) is 4.27. The smallest absolute Gasteiger partial charge is 0.192 e. The summed E-state index contributed by atoms with van der Waals surface area (Å²) in [6.07, 6.45) is 0. The van der Waals surface area contributed by atoms with E-state index in [1.165, 1.54) is 6.07 Å². The minimum Gasteiger partial charge on any atom is -0.488 e. The van der Waals surface area contributed by atoms with Crippen molar-refractivity contribution >= 4 is 14.0 Å². The van der Waals surface area contributed by atoms with Crippen molar-refractivity contribution in [1.82, 2.24) is 0 Å². The molecule has 0 radical (unpaired) electrons. The van der Waals surface area contributed by atoms with Crippen molar-refractivity contribution < 1.29 is 13.6 Å². The van der Waals surface area contributed by atoms with Crippen LogP contribution in [0.3, 0.4) is 0 Å². The number of hydrogen-bond acceptors (Lipinski definition) is 3. The van der Waals surface area contributed by atoms with Gasteiger partial charge in [0.1, 0.15) is 6.61 Å². The van der Waals surface area contributed by atoms with Gasteiger partial charge in [0.25, 0.3) is 0 Å². The lowest BCUT2D eigenvalue weighted by Crippen LogP contribution is -2.41. The van der Waals surface area contributed by atoms with Gasteiger partial charge in [-0.05, 0) is 30.3 Å². The molecule has 0 bridgehead atoms. The molecule has 0 heterocycles. The van der Waals surface area contributed by atoms with Gasteiger partial charge in [0.2, 0.25) is 0 Å². The van der Waals surface area contributed by atoms with Crippen LogP contribution in [0.1, 0.15) is 20.8 Å². The molecule has 0 fully saturated rings. The molecule has 0 amide bonds. The Hall–Kier alpha value is -1.07. The van der Waals surface area contributed by atoms with Gasteiger partial charge in [0.15, 0.2) is 19.9 Å². The van der Waals surface area contributed by atoms with Crippen LogP contribution >= 0.6 is 0 Å². The topological polar surface area (TPSA) is 30.5 Å². The first-order valence-corrected chi connectivity index (χ1v) is 9.82. The molecule has 1 aromatic carbocycles. The molecule has 3 nitrogen and oxygen atoms in total. The highest BCUT2D eigenvalue weighted by Gasteiger charge is 2.36. The van der Waals surface area contributed by atoms with E-state index in [1.54, 1.807) is 19.2 Å². The molecule has 1 rings (SSSR count). The highest BCUT2D eigenvalue weighted by Crippen LogP contribution is 2.36. The second-order valence-electron chi connectivity index (χ2n) is 6.35. The van der Waals surface area contributed by atoms with Crippen molar-refractivity contribution in [3.05, 3.63) is 24.0 Å². The molecule has 0 spiro atoms. The summed E-state index contributed by atoms with van der Waals surface area (Å²) in [4.78, 5) is 0. The first kappa shape index (κ1) is 17.0. The van der Waals surface area contributed by atoms with Crippen LogP contribution in [0.25, 0.3) is 0 Å². The minimum atomic E-state index is -1.76. The van der Waals surface area contributed by atoms with E-state index < -0.39 is 8.32 Å². The molecule has 0 saturated carbocycles. The Balaban J connectivity index is 2.46. The Bertz CT molecular complexity index is 444. The van der Waals surface area contributed by atoms with Crippen molar-refractivity contribution in [3.63, 3.8) is 0 Å². The average Bonchev–Trinajstić information content (AvgIpc) is 2.34. The van der Waals surface area contributed by atoms with Crippen LogP contribution in [0.2, 0.25) is 18.1 Å². The maximum absolute atomic E-state index is 13.7. The maximum Gasteiger partial charge on any atom is 0.192 e. The Kier molecular flexibility index (Phi) is 5.59. The van der Waals surface area contributed by atoms with Crippen LogP contribution in [0, 0.1) is 5.82 Å². The predicted molar refractivity (Wildman–Crippen MR) is 84.6 cm³/mol. The van der Waals surface area contributed by atoms with E-state index in [9.17, 15) is 4.39 Å². The molecule has 0 aromatic heterocycles. The largest absolute Gasteiger partial charge is 0.488 e. The van der Waals surface area contributed by atoms with Crippen LogP contribution < -0.4 is 10.1 Å². The Morgan fingerprint density at radius 3 is 2.35 bits per heavy atom. The van der Waals surface area contributed by atoms with E-state index >= 15 is 0 Å². The summed E-state index contributed by atoms with van der Waals surface area (Å²) in [5.41, 5.74) is 0.729. The van der Waals surface area contributed by atoms with E-state index in [0.29, 0.717) is 13.2 Å². The number of halogens is 1. The second kappa shape index (κ2) is 6.59. The van der Waals surface area contributed by atoms with Gasteiger partial charge in [-0.2, -0.15) is 0 Å². The number of benzene rings is 1. The normalized spacial score (nSPS) is 12.3. The van der Waals surface area contributed by atoms with Crippen LogP contribution in [0.4, 0.5) is 10.1 Å². The number of nitrogens with one attached hydrogen (secondary N) is 1. The first-order chi connectivity index (χ1) is 9.17. The quantitative estimate of drug-likeness (QED) is 0.628. The van der Waals surface area contributed by atoms with Crippen LogP contribution in [-0.2, 0) is 4.43 Å². The molecule has 1 N–H and O–H groups in total. The SMILES string of the molecule is CNc1ccc(OCCO[Si](C)(C)C(C)(C)C)c(F)c1. The molecule has 0 aliphatic rings. The lowest BCUT2D eigenvalue weighted by Gasteiger charge is -2.36. The summed E-state index contributed by atoms with van der Waals surface area (Å²) in [5.74, 6) is -0.0907. The van der Waals surface area contributed by atoms with Crippen molar-refractivity contribution in [2.24, 2.45) is 0 Å². The molecule has 0 saturated heterocycles. The lowest BCUT2D eigenvalue weighted by molar-refractivity contribution is 0.199. The van der Waals surface area contributed by atoms with Gasteiger partial charge in [0, 0.05) is 18.8 Å². The number of hydrogen-bond donors (Lipinski definition) is 1. The fourth-order valence-electron chi connectivity index (χ4n) is 1.44. The molecule has 0 aliphatic carbocycles. The number of anilines is 1. The summed E-state index contributed by atoms with van der Waals surface area (Å²) >= 11 is 0. The molecule has 0 unspecified atom stereocenters. The molecule has 5 heteroatoms. The van der Waals surface area contributed by atoms with Crippen molar-refractivity contribution in [3.8, 4) is 5.75 Å². The van der Waals surface area contributed by atoms with Crippen molar-refractivity contribution in [1.29, 1.82) is 0 Å². The van der Waals surface area contributed by atoms with Gasteiger partial charge in [-0.3, -0.25) is 0 Å². The third kappa shape index (κ3) is 4.49. The van der Waals surface area contributed by atoms with Crippen LogP contribution in [0.15, 0.2) is 18.2 Å². The summed E-state index contributed by atoms with van der Waals surface area (Å²) in [5, 5.41) is 3.06. The number of ether oxygens (including phenoxy) is 1. The van der Waals surface area contributed by atoms with Gasteiger partial charge in [-0.15, -0.1) is 0 Å². The zero-order valence-electron chi connectivity index (χ0n) is 13.3. The average molecular weight is 299 g/mol. The van der Waals surface area contributed by atoms with Gasteiger partial charge in [-0.1, -0.05) is 20.8 Å². The molecule has 20 heavy (non-hydrogen) atoms. The lowest BCUT2D eigenvalue weighted by atomic mass is 10.2. The highest BCUT2D eigenvalue weighted by molar-refractivity contribution is 6.74. The number of rotatable bonds is 6. The maximum atomic E-state index is 13.7. The second-order valence-corrected chi connectivity index (χ2v) is 11.2. The fraction of sp³-hybridized carbons (Fsp3) is 0.600. The van der Waals surface area contributed by atoms with Crippen LogP contribution in [0.5, 0.6) is 5.75 Å². The Labute approximate surface area is 122 Å². The van der Waals surface area contributed by atoms with E-state index in [2.05, 4.69) is 39.2 Å². The molecule has 114 valence electrons. The molecular weight excluding hydrogens is 273 g/mol. The molecule has 0 aliphatic heterocycles. The Morgan fingerprint density at radius 2 is 1.85 bits per heavy atom. The first-order valence-electron chi connectivity index (χ1n) is 6.91. The van der Waals surface area contributed by atoms with Crippen LogP contribution in [-0.4, -0.2) is 28.6 Å². The summed E-state index contributed by atoms with van der Waals surface area (Å²) in [6.45, 7) is 11.8. The monoisotopic (exact) mass is 299 g/mol. The summed E-state index contributed by atoms with van der Waals surface area (Å²) in [7, 11) is -0.00283. The van der Waals surface area contributed by atoms with Gasteiger partial charge in [-0.25, -0.2) is 4.39 Å². The van der Waals surface area contributed by atoms with Crippen molar-refractivity contribution in [2.75, 3.05) is 25.6 Å². The van der Waals surface area contributed by atoms with E-state index in [1.807, 2.05) is 0 Å². The molecule has 1 aromatic rings.